The van der Waals surface area contributed by atoms with Crippen molar-refractivity contribution in [3.63, 3.8) is 0 Å². The van der Waals surface area contributed by atoms with Crippen LogP contribution in [0.4, 0.5) is 0 Å². The predicted octanol–water partition coefficient (Wildman–Crippen LogP) is 1.74. The van der Waals surface area contributed by atoms with E-state index in [0.717, 1.165) is 38.9 Å². The van der Waals surface area contributed by atoms with E-state index in [4.69, 9.17) is 0 Å². The molecular formula is C15H21N3O. The van der Waals surface area contributed by atoms with Crippen molar-refractivity contribution >= 4 is 5.91 Å². The van der Waals surface area contributed by atoms with Gasteiger partial charge < -0.3 is 10.2 Å². The number of carbonyl (C=O) groups is 1. The SMILES string of the molecule is O=C(CC1CCNC1)N1CCCC1c1cccnc1. The minimum absolute atomic E-state index is 0.246. The third-order valence-electron chi connectivity index (χ3n) is 4.27. The highest BCUT2D eigenvalue weighted by Crippen LogP contribution is 2.32. The number of hydrogen-bond acceptors (Lipinski definition) is 3. The van der Waals surface area contributed by atoms with Gasteiger partial charge in [0.05, 0.1) is 6.04 Å². The monoisotopic (exact) mass is 259 g/mol. The Labute approximate surface area is 114 Å². The molecule has 0 saturated carbocycles. The summed E-state index contributed by atoms with van der Waals surface area (Å²) >= 11 is 0. The molecule has 1 aromatic rings. The lowest BCUT2D eigenvalue weighted by atomic mass is 10.0. The van der Waals surface area contributed by atoms with E-state index in [2.05, 4.69) is 21.3 Å². The lowest BCUT2D eigenvalue weighted by Gasteiger charge is -2.26. The number of carbonyl (C=O) groups excluding carboxylic acids is 1. The number of nitrogens with one attached hydrogen (secondary N) is 1. The quantitative estimate of drug-likeness (QED) is 0.899. The minimum Gasteiger partial charge on any atom is -0.336 e. The second-order valence-electron chi connectivity index (χ2n) is 5.59. The molecule has 0 spiro atoms. The summed E-state index contributed by atoms with van der Waals surface area (Å²) in [6, 6.07) is 4.29. The lowest BCUT2D eigenvalue weighted by molar-refractivity contribution is -0.133. The zero-order chi connectivity index (χ0) is 13.1. The van der Waals surface area contributed by atoms with E-state index in [1.165, 1.54) is 5.56 Å². The summed E-state index contributed by atoms with van der Waals surface area (Å²) in [5.74, 6) is 0.850. The first-order valence-corrected chi connectivity index (χ1v) is 7.24. The summed E-state index contributed by atoms with van der Waals surface area (Å²) < 4.78 is 0. The van der Waals surface area contributed by atoms with Gasteiger partial charge in [-0.3, -0.25) is 9.78 Å². The molecule has 0 aliphatic carbocycles. The van der Waals surface area contributed by atoms with Crippen molar-refractivity contribution in [2.24, 2.45) is 5.92 Å². The maximum Gasteiger partial charge on any atom is 0.223 e. The van der Waals surface area contributed by atoms with Gasteiger partial charge in [-0.25, -0.2) is 0 Å². The fourth-order valence-corrected chi connectivity index (χ4v) is 3.24. The molecule has 3 heterocycles. The van der Waals surface area contributed by atoms with Gasteiger partial charge in [-0.05, 0) is 49.9 Å². The second kappa shape index (κ2) is 5.70. The first-order valence-electron chi connectivity index (χ1n) is 7.24. The fourth-order valence-electron chi connectivity index (χ4n) is 3.24. The van der Waals surface area contributed by atoms with Crippen LogP contribution in [0.2, 0.25) is 0 Å². The Morgan fingerprint density at radius 1 is 1.47 bits per heavy atom. The number of pyridine rings is 1. The summed E-state index contributed by atoms with van der Waals surface area (Å²) in [4.78, 5) is 18.7. The van der Waals surface area contributed by atoms with Crippen LogP contribution < -0.4 is 5.32 Å². The molecule has 2 aliphatic rings. The molecule has 0 aromatic carbocycles. The van der Waals surface area contributed by atoms with Gasteiger partial charge in [0.2, 0.25) is 5.91 Å². The molecule has 2 aliphatic heterocycles. The number of amides is 1. The molecule has 2 fully saturated rings. The van der Waals surface area contributed by atoms with Crippen LogP contribution in [-0.2, 0) is 4.79 Å². The average molecular weight is 259 g/mol. The van der Waals surface area contributed by atoms with Gasteiger partial charge in [0.25, 0.3) is 0 Å². The first kappa shape index (κ1) is 12.6. The highest BCUT2D eigenvalue weighted by atomic mass is 16.2. The van der Waals surface area contributed by atoms with Crippen molar-refractivity contribution < 1.29 is 4.79 Å². The normalized spacial score (nSPS) is 26.8. The Balaban J connectivity index is 1.67. The zero-order valence-electron chi connectivity index (χ0n) is 11.2. The molecule has 2 saturated heterocycles. The van der Waals surface area contributed by atoms with Crippen molar-refractivity contribution in [3.8, 4) is 0 Å². The number of rotatable bonds is 3. The molecule has 2 unspecified atom stereocenters. The minimum atomic E-state index is 0.246. The first-order chi connectivity index (χ1) is 9.34. The van der Waals surface area contributed by atoms with E-state index in [-0.39, 0.29) is 6.04 Å². The van der Waals surface area contributed by atoms with Crippen LogP contribution in [0.15, 0.2) is 24.5 Å². The third kappa shape index (κ3) is 2.78. The van der Waals surface area contributed by atoms with Crippen molar-refractivity contribution in [1.29, 1.82) is 0 Å². The summed E-state index contributed by atoms with van der Waals surface area (Å²) in [7, 11) is 0. The summed E-state index contributed by atoms with van der Waals surface area (Å²) in [6.07, 6.45) is 7.69. The third-order valence-corrected chi connectivity index (χ3v) is 4.27. The van der Waals surface area contributed by atoms with E-state index in [9.17, 15) is 4.79 Å². The fraction of sp³-hybridized carbons (Fsp3) is 0.600. The molecule has 1 N–H and O–H groups in total. The number of likely N-dealkylation sites (tertiary alicyclic amines) is 1. The highest BCUT2D eigenvalue weighted by Gasteiger charge is 2.31. The number of nitrogens with zero attached hydrogens (tertiary/aromatic N) is 2. The Bertz CT molecular complexity index is 428. The maximum atomic E-state index is 12.5. The Morgan fingerprint density at radius 2 is 2.42 bits per heavy atom. The predicted molar refractivity (Wildman–Crippen MR) is 73.5 cm³/mol. The van der Waals surface area contributed by atoms with Crippen LogP contribution in [-0.4, -0.2) is 35.4 Å². The van der Waals surface area contributed by atoms with E-state index in [1.54, 1.807) is 6.20 Å². The van der Waals surface area contributed by atoms with Crippen LogP contribution in [0, 0.1) is 5.92 Å². The summed E-state index contributed by atoms with van der Waals surface area (Å²) in [5, 5.41) is 3.33. The second-order valence-corrected chi connectivity index (χ2v) is 5.59. The molecule has 102 valence electrons. The Hall–Kier alpha value is -1.42. The van der Waals surface area contributed by atoms with Crippen LogP contribution in [0.25, 0.3) is 0 Å². The standard InChI is InChI=1S/C15H21N3O/c19-15(9-12-5-7-17-10-12)18-8-2-4-14(18)13-3-1-6-16-11-13/h1,3,6,11-12,14,17H,2,4-5,7-10H2. The molecule has 4 heteroatoms. The van der Waals surface area contributed by atoms with Gasteiger partial charge in [0.1, 0.15) is 0 Å². The molecule has 3 rings (SSSR count). The molecule has 2 atom stereocenters. The molecular weight excluding hydrogens is 238 g/mol. The maximum absolute atomic E-state index is 12.5. The summed E-state index contributed by atoms with van der Waals surface area (Å²) in [5.41, 5.74) is 1.18. The smallest absolute Gasteiger partial charge is 0.223 e. The van der Waals surface area contributed by atoms with Crippen LogP contribution in [0.1, 0.15) is 37.3 Å². The van der Waals surface area contributed by atoms with Gasteiger partial charge in [-0.15, -0.1) is 0 Å². The molecule has 4 nitrogen and oxygen atoms in total. The van der Waals surface area contributed by atoms with Gasteiger partial charge in [-0.2, -0.15) is 0 Å². The van der Waals surface area contributed by atoms with Crippen molar-refractivity contribution in [1.82, 2.24) is 15.2 Å². The van der Waals surface area contributed by atoms with Gasteiger partial charge in [0.15, 0.2) is 0 Å². The summed E-state index contributed by atoms with van der Waals surface area (Å²) in [6.45, 7) is 2.96. The number of aromatic nitrogens is 1. The molecule has 0 radical (unpaired) electrons. The van der Waals surface area contributed by atoms with Gasteiger partial charge >= 0.3 is 0 Å². The molecule has 1 aromatic heterocycles. The van der Waals surface area contributed by atoms with Gasteiger partial charge in [-0.1, -0.05) is 6.07 Å². The highest BCUT2D eigenvalue weighted by molar-refractivity contribution is 5.77. The van der Waals surface area contributed by atoms with E-state index >= 15 is 0 Å². The average Bonchev–Trinajstić information content (AvgIpc) is 3.10. The lowest BCUT2D eigenvalue weighted by Crippen LogP contribution is -2.32. The topological polar surface area (TPSA) is 45.2 Å². The molecule has 1 amide bonds. The largest absolute Gasteiger partial charge is 0.336 e. The van der Waals surface area contributed by atoms with Crippen LogP contribution in [0.5, 0.6) is 0 Å². The van der Waals surface area contributed by atoms with Crippen molar-refractivity contribution in [2.75, 3.05) is 19.6 Å². The van der Waals surface area contributed by atoms with Crippen molar-refractivity contribution in [2.45, 2.75) is 31.7 Å². The van der Waals surface area contributed by atoms with E-state index in [1.807, 2.05) is 12.3 Å². The van der Waals surface area contributed by atoms with Crippen LogP contribution in [0.3, 0.4) is 0 Å². The van der Waals surface area contributed by atoms with Crippen molar-refractivity contribution in [3.05, 3.63) is 30.1 Å². The number of hydrogen-bond donors (Lipinski definition) is 1. The van der Waals surface area contributed by atoms with Gasteiger partial charge in [0, 0.05) is 25.4 Å². The molecule has 19 heavy (non-hydrogen) atoms. The Morgan fingerprint density at radius 3 is 3.16 bits per heavy atom. The Kier molecular flexibility index (Phi) is 3.78. The molecule has 0 bridgehead atoms. The van der Waals surface area contributed by atoms with E-state index in [0.29, 0.717) is 18.2 Å². The van der Waals surface area contributed by atoms with E-state index < -0.39 is 0 Å². The van der Waals surface area contributed by atoms with Crippen LogP contribution >= 0.6 is 0 Å². The zero-order valence-corrected chi connectivity index (χ0v) is 11.2.